The van der Waals surface area contributed by atoms with Gasteiger partial charge in [-0.15, -0.1) is 0 Å². The molecule has 0 unspecified atom stereocenters. The largest absolute Gasteiger partial charge is 0.507 e. The molecule has 0 aliphatic heterocycles. The van der Waals surface area contributed by atoms with Crippen LogP contribution in [0.15, 0.2) is 28.7 Å². The number of carbonyl (C=O) groups is 1. The third-order valence-electron chi connectivity index (χ3n) is 1.74. The Morgan fingerprint density at radius 2 is 2.27 bits per heavy atom. The van der Waals surface area contributed by atoms with Crippen molar-refractivity contribution in [3.63, 3.8) is 0 Å². The number of phenols is 1. The molecule has 1 rings (SSSR count). The van der Waals surface area contributed by atoms with E-state index in [9.17, 15) is 9.90 Å². The number of aldehydes is 1. The molecule has 3 N–H and O–H groups in total. The van der Waals surface area contributed by atoms with Crippen molar-refractivity contribution in [2.75, 3.05) is 7.05 Å². The Hall–Kier alpha value is -1.33. The summed E-state index contributed by atoms with van der Waals surface area (Å²) in [5.41, 5.74) is 6.52. The van der Waals surface area contributed by atoms with Crippen LogP contribution in [0.5, 0.6) is 5.75 Å². The van der Waals surface area contributed by atoms with Gasteiger partial charge < -0.3 is 10.5 Å². The van der Waals surface area contributed by atoms with E-state index in [1.807, 2.05) is 0 Å². The zero-order valence-electron chi connectivity index (χ0n) is 8.12. The van der Waals surface area contributed by atoms with Gasteiger partial charge in [-0.3, -0.25) is 4.79 Å². The summed E-state index contributed by atoms with van der Waals surface area (Å²) in [6, 6.07) is 5.05. The van der Waals surface area contributed by atoms with Crippen LogP contribution in [0.3, 0.4) is 0 Å². The van der Waals surface area contributed by atoms with E-state index in [1.165, 1.54) is 6.08 Å². The smallest absolute Gasteiger partial charge is 0.144 e. The van der Waals surface area contributed by atoms with E-state index >= 15 is 0 Å². The molecule has 4 nitrogen and oxygen atoms in total. The Labute approximate surface area is 96.1 Å². The van der Waals surface area contributed by atoms with Crippen LogP contribution in [0.1, 0.15) is 5.56 Å². The van der Waals surface area contributed by atoms with Gasteiger partial charge in [0.15, 0.2) is 0 Å². The lowest BCUT2D eigenvalue weighted by atomic mass is 10.1. The molecule has 0 saturated carbocycles. The van der Waals surface area contributed by atoms with Crippen molar-refractivity contribution in [3.8, 4) is 5.75 Å². The number of carbonyl (C=O) groups excluding carboxylic acids is 1. The van der Waals surface area contributed by atoms with Gasteiger partial charge in [-0.25, -0.2) is 5.43 Å². The van der Waals surface area contributed by atoms with Crippen molar-refractivity contribution in [2.45, 2.75) is 0 Å². The molecule has 5 heteroatoms. The summed E-state index contributed by atoms with van der Waals surface area (Å²) in [7, 11) is 1.68. The van der Waals surface area contributed by atoms with Crippen LogP contribution in [0.2, 0.25) is 0 Å². The van der Waals surface area contributed by atoms with Gasteiger partial charge in [0.2, 0.25) is 0 Å². The summed E-state index contributed by atoms with van der Waals surface area (Å²) in [5.74, 6) is 0.0974. The van der Waals surface area contributed by atoms with E-state index in [-0.39, 0.29) is 5.75 Å². The van der Waals surface area contributed by atoms with E-state index in [4.69, 9.17) is 0 Å². The number of allylic oxidation sites excluding steroid dienone is 1. The van der Waals surface area contributed by atoms with Gasteiger partial charge in [-0.05, 0) is 18.2 Å². The van der Waals surface area contributed by atoms with E-state index in [0.29, 0.717) is 17.5 Å². The molecule has 0 radical (unpaired) electrons. The average molecular weight is 271 g/mol. The number of rotatable bonds is 4. The molecule has 0 aromatic heterocycles. The first-order valence-corrected chi connectivity index (χ1v) is 5.05. The number of hydrazine groups is 1. The van der Waals surface area contributed by atoms with Gasteiger partial charge in [-0.2, -0.15) is 0 Å². The standard InChI is InChI=1S/C10H11BrN2O2/c1-12-13-9(4-5-14)8-3-2-7(11)6-10(8)15/h2-6,12-13,15H,1H3/b9-4-. The first kappa shape index (κ1) is 11.7. The van der Waals surface area contributed by atoms with Gasteiger partial charge >= 0.3 is 0 Å². The minimum atomic E-state index is 0.0974. The lowest BCUT2D eigenvalue weighted by Gasteiger charge is -2.10. The molecular formula is C10H11BrN2O2. The Morgan fingerprint density at radius 3 is 2.80 bits per heavy atom. The van der Waals surface area contributed by atoms with Gasteiger partial charge in [0.05, 0.1) is 5.70 Å². The normalized spacial score (nSPS) is 11.2. The second-order valence-corrected chi connectivity index (χ2v) is 3.67. The predicted octanol–water partition coefficient (Wildman–Crippen LogP) is 1.42. The van der Waals surface area contributed by atoms with Crippen molar-refractivity contribution in [1.82, 2.24) is 10.9 Å². The van der Waals surface area contributed by atoms with Crippen molar-refractivity contribution in [1.29, 1.82) is 0 Å². The monoisotopic (exact) mass is 270 g/mol. The lowest BCUT2D eigenvalue weighted by molar-refractivity contribution is -0.104. The summed E-state index contributed by atoms with van der Waals surface area (Å²) in [6.07, 6.45) is 1.99. The molecule has 0 heterocycles. The fourth-order valence-corrected chi connectivity index (χ4v) is 1.48. The Morgan fingerprint density at radius 1 is 1.53 bits per heavy atom. The third kappa shape index (κ3) is 3.07. The van der Waals surface area contributed by atoms with E-state index in [2.05, 4.69) is 26.8 Å². The highest BCUT2D eigenvalue weighted by Gasteiger charge is 2.06. The van der Waals surface area contributed by atoms with Gasteiger partial charge in [0.1, 0.15) is 12.0 Å². The summed E-state index contributed by atoms with van der Waals surface area (Å²) >= 11 is 3.24. The third-order valence-corrected chi connectivity index (χ3v) is 2.24. The number of halogens is 1. The summed E-state index contributed by atoms with van der Waals surface area (Å²) in [5, 5.41) is 9.66. The zero-order chi connectivity index (χ0) is 11.3. The second kappa shape index (κ2) is 5.53. The molecule has 0 bridgehead atoms. The maximum Gasteiger partial charge on any atom is 0.144 e. The predicted molar refractivity (Wildman–Crippen MR) is 62.0 cm³/mol. The van der Waals surface area contributed by atoms with Crippen molar-refractivity contribution in [2.24, 2.45) is 0 Å². The maximum absolute atomic E-state index is 10.4. The van der Waals surface area contributed by atoms with Crippen molar-refractivity contribution < 1.29 is 9.90 Å². The van der Waals surface area contributed by atoms with Crippen LogP contribution >= 0.6 is 15.9 Å². The maximum atomic E-state index is 10.4. The SMILES string of the molecule is CNN/C(=C\C=O)c1ccc(Br)cc1O. The molecule has 1 aromatic carbocycles. The molecule has 0 fully saturated rings. The first-order valence-electron chi connectivity index (χ1n) is 4.26. The van der Waals surface area contributed by atoms with Crippen LogP contribution in [0.25, 0.3) is 5.70 Å². The highest BCUT2D eigenvalue weighted by atomic mass is 79.9. The van der Waals surface area contributed by atoms with Gasteiger partial charge in [0.25, 0.3) is 0 Å². The highest BCUT2D eigenvalue weighted by Crippen LogP contribution is 2.26. The van der Waals surface area contributed by atoms with Crippen LogP contribution in [-0.2, 0) is 4.79 Å². The van der Waals surface area contributed by atoms with Crippen LogP contribution in [0, 0.1) is 0 Å². The lowest BCUT2D eigenvalue weighted by Crippen LogP contribution is -2.25. The zero-order valence-corrected chi connectivity index (χ0v) is 9.71. The molecule has 0 aliphatic carbocycles. The van der Waals surface area contributed by atoms with E-state index in [0.717, 1.165) is 4.47 Å². The highest BCUT2D eigenvalue weighted by molar-refractivity contribution is 9.10. The molecular weight excluding hydrogens is 260 g/mol. The summed E-state index contributed by atoms with van der Waals surface area (Å²) in [6.45, 7) is 0. The molecule has 15 heavy (non-hydrogen) atoms. The molecule has 0 atom stereocenters. The molecule has 80 valence electrons. The Bertz CT molecular complexity index is 391. The molecule has 0 amide bonds. The first-order chi connectivity index (χ1) is 7.19. The van der Waals surface area contributed by atoms with Crippen LogP contribution in [0.4, 0.5) is 0 Å². The Balaban J connectivity index is 3.11. The van der Waals surface area contributed by atoms with Gasteiger partial charge in [-0.1, -0.05) is 15.9 Å². The minimum Gasteiger partial charge on any atom is -0.507 e. The number of hydrogen-bond acceptors (Lipinski definition) is 4. The second-order valence-electron chi connectivity index (χ2n) is 2.75. The fourth-order valence-electron chi connectivity index (χ4n) is 1.13. The number of nitrogens with one attached hydrogen (secondary N) is 2. The van der Waals surface area contributed by atoms with E-state index in [1.54, 1.807) is 25.2 Å². The number of hydrogen-bond donors (Lipinski definition) is 3. The quantitative estimate of drug-likeness (QED) is 0.440. The number of aromatic hydroxyl groups is 1. The molecule has 1 aromatic rings. The fraction of sp³-hybridized carbons (Fsp3) is 0.100. The molecule has 0 spiro atoms. The van der Waals surface area contributed by atoms with Crippen molar-refractivity contribution in [3.05, 3.63) is 34.3 Å². The summed E-state index contributed by atoms with van der Waals surface area (Å²) < 4.78 is 0.777. The average Bonchev–Trinajstić information content (AvgIpc) is 2.17. The van der Waals surface area contributed by atoms with Gasteiger partial charge in [0, 0.05) is 23.2 Å². The Kier molecular flexibility index (Phi) is 4.33. The van der Waals surface area contributed by atoms with E-state index < -0.39 is 0 Å². The minimum absolute atomic E-state index is 0.0974. The van der Waals surface area contributed by atoms with Crippen LogP contribution < -0.4 is 10.9 Å². The summed E-state index contributed by atoms with van der Waals surface area (Å²) in [4.78, 5) is 10.4. The number of benzene rings is 1. The topological polar surface area (TPSA) is 61.4 Å². The van der Waals surface area contributed by atoms with Crippen LogP contribution in [-0.4, -0.2) is 18.4 Å². The molecule has 0 aliphatic rings. The number of phenolic OH excluding ortho intramolecular Hbond substituents is 1. The van der Waals surface area contributed by atoms with Crippen molar-refractivity contribution >= 4 is 27.9 Å². The molecule has 0 saturated heterocycles.